The number of piperidine rings is 1. The standard InChI is InChI=1S/C24H32N2O4/c1-18-14-25(15-19(2)30-18)16-20-8-11-26(12-9-20)24(27)23-21(10-13-28-23)17-29-22-6-4-3-5-7-22/h3-7,10,13,18-20H,8-9,11-12,14-17H2,1-2H3. The van der Waals surface area contributed by atoms with Crippen LogP contribution in [0.2, 0.25) is 0 Å². The molecule has 0 spiro atoms. The Kier molecular flexibility index (Phi) is 6.75. The number of benzene rings is 1. The molecule has 2 saturated heterocycles. The van der Waals surface area contributed by atoms with E-state index in [1.807, 2.05) is 41.3 Å². The molecular weight excluding hydrogens is 380 g/mol. The number of morpholine rings is 1. The number of nitrogens with zero attached hydrogens (tertiary/aromatic N) is 2. The Hall–Kier alpha value is -2.31. The van der Waals surface area contributed by atoms with Crippen molar-refractivity contribution in [3.63, 3.8) is 0 Å². The number of furan rings is 1. The van der Waals surface area contributed by atoms with Gasteiger partial charge < -0.3 is 18.8 Å². The molecule has 3 heterocycles. The Labute approximate surface area is 178 Å². The van der Waals surface area contributed by atoms with Crippen LogP contribution in [0.25, 0.3) is 0 Å². The van der Waals surface area contributed by atoms with E-state index in [2.05, 4.69) is 18.7 Å². The van der Waals surface area contributed by atoms with Gasteiger partial charge in [0.1, 0.15) is 12.4 Å². The number of ether oxygens (including phenoxy) is 2. The fraction of sp³-hybridized carbons (Fsp3) is 0.542. The van der Waals surface area contributed by atoms with Crippen molar-refractivity contribution in [1.29, 1.82) is 0 Å². The van der Waals surface area contributed by atoms with E-state index in [-0.39, 0.29) is 5.91 Å². The van der Waals surface area contributed by atoms with Crippen molar-refractivity contribution < 1.29 is 18.7 Å². The summed E-state index contributed by atoms with van der Waals surface area (Å²) in [7, 11) is 0. The summed E-state index contributed by atoms with van der Waals surface area (Å²) < 4.78 is 17.2. The third kappa shape index (κ3) is 5.24. The zero-order valence-corrected chi connectivity index (χ0v) is 18.0. The molecular formula is C24H32N2O4. The number of carbonyl (C=O) groups is 1. The Morgan fingerprint density at radius 1 is 1.07 bits per heavy atom. The maximum Gasteiger partial charge on any atom is 0.289 e. The van der Waals surface area contributed by atoms with Crippen molar-refractivity contribution in [2.45, 2.75) is 45.5 Å². The number of carbonyl (C=O) groups excluding carboxylic acids is 1. The lowest BCUT2D eigenvalue weighted by atomic mass is 9.95. The maximum absolute atomic E-state index is 13.0. The van der Waals surface area contributed by atoms with Gasteiger partial charge in [-0.25, -0.2) is 0 Å². The fourth-order valence-electron chi connectivity index (χ4n) is 4.58. The predicted molar refractivity (Wildman–Crippen MR) is 115 cm³/mol. The molecule has 0 saturated carbocycles. The molecule has 1 amide bonds. The molecule has 4 rings (SSSR count). The smallest absolute Gasteiger partial charge is 0.289 e. The van der Waals surface area contributed by atoms with Crippen LogP contribution < -0.4 is 4.74 Å². The van der Waals surface area contributed by atoms with Gasteiger partial charge in [0.05, 0.1) is 18.5 Å². The lowest BCUT2D eigenvalue weighted by Crippen LogP contribution is -2.48. The molecule has 2 aromatic rings. The number of likely N-dealkylation sites (tertiary alicyclic amines) is 1. The van der Waals surface area contributed by atoms with Gasteiger partial charge in [-0.15, -0.1) is 0 Å². The summed E-state index contributed by atoms with van der Waals surface area (Å²) in [5.74, 6) is 1.78. The second-order valence-corrected chi connectivity index (χ2v) is 8.59. The van der Waals surface area contributed by atoms with Gasteiger partial charge in [-0.2, -0.15) is 0 Å². The van der Waals surface area contributed by atoms with Crippen LogP contribution in [0.3, 0.4) is 0 Å². The zero-order chi connectivity index (χ0) is 20.9. The summed E-state index contributed by atoms with van der Waals surface area (Å²) in [6.07, 6.45) is 4.23. The van der Waals surface area contributed by atoms with Crippen LogP contribution in [0.4, 0.5) is 0 Å². The average Bonchev–Trinajstić information content (AvgIpc) is 3.21. The molecule has 0 radical (unpaired) electrons. The van der Waals surface area contributed by atoms with Crippen molar-refractivity contribution in [3.05, 3.63) is 54.0 Å². The van der Waals surface area contributed by atoms with E-state index in [0.29, 0.717) is 30.5 Å². The second-order valence-electron chi connectivity index (χ2n) is 8.59. The monoisotopic (exact) mass is 412 g/mol. The van der Waals surface area contributed by atoms with Crippen LogP contribution in [-0.4, -0.2) is 60.6 Å². The van der Waals surface area contributed by atoms with Gasteiger partial charge in [0, 0.05) is 38.3 Å². The first-order valence-corrected chi connectivity index (χ1v) is 11.0. The predicted octanol–water partition coefficient (Wildman–Crippen LogP) is 3.82. The molecule has 1 aromatic heterocycles. The quantitative estimate of drug-likeness (QED) is 0.722. The average molecular weight is 413 g/mol. The summed E-state index contributed by atoms with van der Waals surface area (Å²) in [6.45, 7) is 9.26. The molecule has 0 N–H and O–H groups in total. The van der Waals surface area contributed by atoms with Gasteiger partial charge in [-0.3, -0.25) is 9.69 Å². The number of rotatable bonds is 6. The molecule has 6 nitrogen and oxygen atoms in total. The van der Waals surface area contributed by atoms with E-state index >= 15 is 0 Å². The molecule has 2 aliphatic rings. The maximum atomic E-state index is 13.0. The van der Waals surface area contributed by atoms with E-state index in [4.69, 9.17) is 13.9 Å². The lowest BCUT2D eigenvalue weighted by molar-refractivity contribution is -0.0729. The van der Waals surface area contributed by atoms with Gasteiger partial charge in [0.25, 0.3) is 5.91 Å². The van der Waals surface area contributed by atoms with Crippen molar-refractivity contribution in [2.24, 2.45) is 5.92 Å². The summed E-state index contributed by atoms with van der Waals surface area (Å²) in [6, 6.07) is 11.4. The van der Waals surface area contributed by atoms with Crippen molar-refractivity contribution in [3.8, 4) is 5.75 Å². The third-order valence-corrected chi connectivity index (χ3v) is 5.99. The largest absolute Gasteiger partial charge is 0.489 e. The lowest BCUT2D eigenvalue weighted by Gasteiger charge is -2.39. The van der Waals surface area contributed by atoms with E-state index in [9.17, 15) is 4.79 Å². The van der Waals surface area contributed by atoms with Crippen LogP contribution in [0.15, 0.2) is 47.1 Å². The van der Waals surface area contributed by atoms with Crippen molar-refractivity contribution in [2.75, 3.05) is 32.7 Å². The number of hydrogen-bond acceptors (Lipinski definition) is 5. The van der Waals surface area contributed by atoms with Gasteiger partial charge in [-0.05, 0) is 50.8 Å². The first-order chi connectivity index (χ1) is 14.6. The van der Waals surface area contributed by atoms with Crippen LogP contribution in [0.5, 0.6) is 5.75 Å². The second kappa shape index (κ2) is 9.67. The number of amides is 1. The molecule has 162 valence electrons. The summed E-state index contributed by atoms with van der Waals surface area (Å²) in [4.78, 5) is 17.5. The highest BCUT2D eigenvalue weighted by atomic mass is 16.5. The van der Waals surface area contributed by atoms with Crippen LogP contribution in [-0.2, 0) is 11.3 Å². The van der Waals surface area contributed by atoms with E-state index in [1.165, 1.54) is 0 Å². The molecule has 2 aliphatic heterocycles. The highest BCUT2D eigenvalue weighted by molar-refractivity contribution is 5.93. The van der Waals surface area contributed by atoms with Gasteiger partial charge in [0.2, 0.25) is 0 Å². The Morgan fingerprint density at radius 3 is 2.47 bits per heavy atom. The third-order valence-electron chi connectivity index (χ3n) is 5.99. The topological polar surface area (TPSA) is 55.2 Å². The summed E-state index contributed by atoms with van der Waals surface area (Å²) >= 11 is 0. The van der Waals surface area contributed by atoms with Gasteiger partial charge >= 0.3 is 0 Å². The molecule has 2 fully saturated rings. The summed E-state index contributed by atoms with van der Waals surface area (Å²) in [5.41, 5.74) is 0.794. The minimum atomic E-state index is -0.0290. The van der Waals surface area contributed by atoms with Gasteiger partial charge in [0.15, 0.2) is 5.76 Å². The first-order valence-electron chi connectivity index (χ1n) is 11.0. The number of para-hydroxylation sites is 1. The van der Waals surface area contributed by atoms with E-state index in [0.717, 1.165) is 56.9 Å². The molecule has 1 aromatic carbocycles. The minimum Gasteiger partial charge on any atom is -0.489 e. The normalized spacial score (nSPS) is 23.5. The van der Waals surface area contributed by atoms with Crippen LogP contribution in [0, 0.1) is 5.92 Å². The number of hydrogen-bond donors (Lipinski definition) is 0. The molecule has 6 heteroatoms. The van der Waals surface area contributed by atoms with Crippen molar-refractivity contribution >= 4 is 5.91 Å². The SMILES string of the molecule is CC1CN(CC2CCN(C(=O)c3occc3COc3ccccc3)CC2)CC(C)O1. The van der Waals surface area contributed by atoms with Crippen molar-refractivity contribution in [1.82, 2.24) is 9.80 Å². The van der Waals surface area contributed by atoms with E-state index in [1.54, 1.807) is 6.26 Å². The Morgan fingerprint density at radius 2 is 1.77 bits per heavy atom. The Balaban J connectivity index is 1.28. The highest BCUT2D eigenvalue weighted by Crippen LogP contribution is 2.24. The highest BCUT2D eigenvalue weighted by Gasteiger charge is 2.30. The fourth-order valence-corrected chi connectivity index (χ4v) is 4.58. The van der Waals surface area contributed by atoms with Crippen LogP contribution >= 0.6 is 0 Å². The van der Waals surface area contributed by atoms with Gasteiger partial charge in [-0.1, -0.05) is 18.2 Å². The molecule has 0 bridgehead atoms. The Bertz CT molecular complexity index is 804. The molecule has 2 atom stereocenters. The summed E-state index contributed by atoms with van der Waals surface area (Å²) in [5, 5.41) is 0. The zero-order valence-electron chi connectivity index (χ0n) is 18.0. The molecule has 0 aliphatic carbocycles. The molecule has 30 heavy (non-hydrogen) atoms. The first kappa shape index (κ1) is 20.9. The van der Waals surface area contributed by atoms with Crippen LogP contribution in [0.1, 0.15) is 42.8 Å². The minimum absolute atomic E-state index is 0.0290. The molecule has 2 unspecified atom stereocenters. The van der Waals surface area contributed by atoms with E-state index < -0.39 is 0 Å².